The van der Waals surface area contributed by atoms with Crippen molar-refractivity contribution < 1.29 is 19.1 Å². The van der Waals surface area contributed by atoms with Gasteiger partial charge in [0.1, 0.15) is 0 Å². The lowest BCUT2D eigenvalue weighted by Crippen LogP contribution is -2.36. The van der Waals surface area contributed by atoms with E-state index in [2.05, 4.69) is 5.32 Å². The number of hydrogen-bond acceptors (Lipinski definition) is 4. The van der Waals surface area contributed by atoms with E-state index in [1.807, 2.05) is 0 Å². The van der Waals surface area contributed by atoms with Crippen LogP contribution in [0.2, 0.25) is 10.0 Å². The Balaban J connectivity index is 1.52. The number of halogens is 2. The Morgan fingerprint density at radius 1 is 1.07 bits per heavy atom. The highest BCUT2D eigenvalue weighted by Crippen LogP contribution is 2.28. The van der Waals surface area contributed by atoms with Crippen molar-refractivity contribution in [3.05, 3.63) is 63.1 Å². The highest BCUT2D eigenvalue weighted by molar-refractivity contribution is 6.42. The third kappa shape index (κ3) is 3.51. The van der Waals surface area contributed by atoms with Gasteiger partial charge in [0.15, 0.2) is 0 Å². The van der Waals surface area contributed by atoms with Crippen molar-refractivity contribution in [1.82, 2.24) is 4.90 Å². The summed E-state index contributed by atoms with van der Waals surface area (Å²) in [7, 11) is 0. The molecule has 2 aliphatic rings. The second-order valence-corrected chi connectivity index (χ2v) is 7.51. The van der Waals surface area contributed by atoms with Gasteiger partial charge in [0, 0.05) is 17.9 Å². The standard InChI is InChI=1S/C20H16Cl2N2O4/c21-16-6-3-11(8-17(16)22)18(25)23-12-4-5-14-15(9-12)20(27)24(19(14)26)10-13-2-1-7-28-13/h3-6,8-9,13H,1-2,7,10H2,(H,23,25). The number of benzene rings is 2. The lowest BCUT2D eigenvalue weighted by atomic mass is 10.1. The summed E-state index contributed by atoms with van der Waals surface area (Å²) in [5.41, 5.74) is 1.35. The van der Waals surface area contributed by atoms with Crippen molar-refractivity contribution >= 4 is 46.6 Å². The topological polar surface area (TPSA) is 75.7 Å². The maximum Gasteiger partial charge on any atom is 0.261 e. The fourth-order valence-corrected chi connectivity index (χ4v) is 3.66. The number of amides is 3. The number of imide groups is 1. The minimum absolute atomic E-state index is 0.115. The van der Waals surface area contributed by atoms with Gasteiger partial charge in [-0.2, -0.15) is 0 Å². The zero-order valence-corrected chi connectivity index (χ0v) is 16.2. The summed E-state index contributed by atoms with van der Waals surface area (Å²) in [5, 5.41) is 3.34. The first-order valence-corrected chi connectivity index (χ1v) is 9.58. The third-order valence-electron chi connectivity index (χ3n) is 4.82. The molecule has 2 aromatic carbocycles. The van der Waals surface area contributed by atoms with E-state index in [-0.39, 0.29) is 35.0 Å². The van der Waals surface area contributed by atoms with Gasteiger partial charge in [-0.3, -0.25) is 19.3 Å². The molecule has 4 rings (SSSR count). The highest BCUT2D eigenvalue weighted by Gasteiger charge is 2.37. The van der Waals surface area contributed by atoms with E-state index in [0.717, 1.165) is 12.8 Å². The van der Waals surface area contributed by atoms with Gasteiger partial charge in [-0.15, -0.1) is 0 Å². The molecule has 1 saturated heterocycles. The van der Waals surface area contributed by atoms with Crippen molar-refractivity contribution in [1.29, 1.82) is 0 Å². The highest BCUT2D eigenvalue weighted by atomic mass is 35.5. The maximum atomic E-state index is 12.7. The molecule has 2 aromatic rings. The van der Waals surface area contributed by atoms with E-state index >= 15 is 0 Å². The Morgan fingerprint density at radius 2 is 1.86 bits per heavy atom. The third-order valence-corrected chi connectivity index (χ3v) is 5.56. The molecule has 0 saturated carbocycles. The molecule has 8 heteroatoms. The Morgan fingerprint density at radius 3 is 2.57 bits per heavy atom. The molecule has 0 aliphatic carbocycles. The van der Waals surface area contributed by atoms with Gasteiger partial charge in [-0.1, -0.05) is 23.2 Å². The predicted octanol–water partition coefficient (Wildman–Crippen LogP) is 4.02. The lowest BCUT2D eigenvalue weighted by molar-refractivity contribution is 0.0475. The first-order valence-electron chi connectivity index (χ1n) is 8.82. The van der Waals surface area contributed by atoms with Crippen molar-refractivity contribution in [2.45, 2.75) is 18.9 Å². The first-order chi connectivity index (χ1) is 13.4. The van der Waals surface area contributed by atoms with Gasteiger partial charge in [0.2, 0.25) is 0 Å². The molecule has 144 valence electrons. The van der Waals surface area contributed by atoms with Crippen LogP contribution in [0.3, 0.4) is 0 Å². The Labute approximate surface area is 171 Å². The molecule has 0 radical (unpaired) electrons. The van der Waals surface area contributed by atoms with Crippen LogP contribution in [-0.2, 0) is 4.74 Å². The Bertz CT molecular complexity index is 986. The molecule has 1 fully saturated rings. The molecule has 2 aliphatic heterocycles. The van der Waals surface area contributed by atoms with Crippen LogP contribution < -0.4 is 5.32 Å². The van der Waals surface area contributed by atoms with Gasteiger partial charge >= 0.3 is 0 Å². The monoisotopic (exact) mass is 418 g/mol. The van der Waals surface area contributed by atoms with E-state index in [1.165, 1.54) is 23.1 Å². The average molecular weight is 419 g/mol. The van der Waals surface area contributed by atoms with Crippen molar-refractivity contribution in [2.24, 2.45) is 0 Å². The fourth-order valence-electron chi connectivity index (χ4n) is 3.37. The number of carbonyl (C=O) groups is 3. The minimum atomic E-state index is -0.397. The van der Waals surface area contributed by atoms with E-state index in [0.29, 0.717) is 28.4 Å². The molecular weight excluding hydrogens is 403 g/mol. The fraction of sp³-hybridized carbons (Fsp3) is 0.250. The number of carbonyl (C=O) groups excluding carboxylic acids is 3. The summed E-state index contributed by atoms with van der Waals surface area (Å²) < 4.78 is 5.53. The maximum absolute atomic E-state index is 12.7. The van der Waals surface area contributed by atoms with Gasteiger partial charge < -0.3 is 10.1 Å². The van der Waals surface area contributed by atoms with Crippen LogP contribution in [0.4, 0.5) is 5.69 Å². The van der Waals surface area contributed by atoms with Crippen LogP contribution in [-0.4, -0.2) is 41.9 Å². The van der Waals surface area contributed by atoms with Crippen molar-refractivity contribution in [2.75, 3.05) is 18.5 Å². The lowest BCUT2D eigenvalue weighted by Gasteiger charge is -2.17. The molecule has 1 atom stereocenters. The zero-order valence-electron chi connectivity index (χ0n) is 14.7. The minimum Gasteiger partial charge on any atom is -0.376 e. The van der Waals surface area contributed by atoms with Crippen molar-refractivity contribution in [3.63, 3.8) is 0 Å². The van der Waals surface area contributed by atoms with Gasteiger partial charge in [-0.25, -0.2) is 0 Å². The summed E-state index contributed by atoms with van der Waals surface area (Å²) >= 11 is 11.8. The molecule has 28 heavy (non-hydrogen) atoms. The number of hydrogen-bond donors (Lipinski definition) is 1. The summed E-state index contributed by atoms with van der Waals surface area (Å²) in [6, 6.07) is 9.21. The average Bonchev–Trinajstić information content (AvgIpc) is 3.27. The molecular formula is C20H16Cl2N2O4. The van der Waals surface area contributed by atoms with Crippen LogP contribution in [0.1, 0.15) is 43.9 Å². The van der Waals surface area contributed by atoms with E-state index in [9.17, 15) is 14.4 Å². The van der Waals surface area contributed by atoms with Gasteiger partial charge in [-0.05, 0) is 49.2 Å². The Hall–Kier alpha value is -2.41. The molecule has 6 nitrogen and oxygen atoms in total. The molecule has 3 amide bonds. The van der Waals surface area contributed by atoms with Crippen molar-refractivity contribution in [3.8, 4) is 0 Å². The Kier molecular flexibility index (Phi) is 5.10. The number of nitrogens with zero attached hydrogens (tertiary/aromatic N) is 1. The number of rotatable bonds is 4. The van der Waals surface area contributed by atoms with Crippen LogP contribution in [0, 0.1) is 0 Å². The molecule has 0 bridgehead atoms. The smallest absolute Gasteiger partial charge is 0.261 e. The van der Waals surface area contributed by atoms with Gasteiger partial charge in [0.25, 0.3) is 17.7 Å². The van der Waals surface area contributed by atoms with E-state index in [1.54, 1.807) is 18.2 Å². The number of fused-ring (bicyclic) bond motifs is 1. The molecule has 0 spiro atoms. The molecule has 2 heterocycles. The first kappa shape index (κ1) is 18.9. The normalized spacial score (nSPS) is 18.5. The number of anilines is 1. The quantitative estimate of drug-likeness (QED) is 0.760. The summed E-state index contributed by atoms with van der Waals surface area (Å²) in [5.74, 6) is -1.11. The van der Waals surface area contributed by atoms with E-state index < -0.39 is 5.91 Å². The molecule has 1 unspecified atom stereocenters. The second kappa shape index (κ2) is 7.54. The molecule has 0 aromatic heterocycles. The predicted molar refractivity (Wildman–Crippen MR) is 105 cm³/mol. The number of nitrogens with one attached hydrogen (secondary N) is 1. The van der Waals surface area contributed by atoms with Crippen LogP contribution in [0.5, 0.6) is 0 Å². The largest absolute Gasteiger partial charge is 0.376 e. The van der Waals surface area contributed by atoms with Crippen LogP contribution in [0.25, 0.3) is 0 Å². The summed E-state index contributed by atoms with van der Waals surface area (Å²) in [6.45, 7) is 0.899. The van der Waals surface area contributed by atoms with E-state index in [4.69, 9.17) is 27.9 Å². The summed E-state index contributed by atoms with van der Waals surface area (Å²) in [6.07, 6.45) is 1.65. The SMILES string of the molecule is O=C(Nc1ccc2c(c1)C(=O)N(CC1CCCO1)C2=O)c1ccc(Cl)c(Cl)c1. The molecule has 1 N–H and O–H groups in total. The van der Waals surface area contributed by atoms with Crippen LogP contribution >= 0.6 is 23.2 Å². The zero-order chi connectivity index (χ0) is 19.8. The number of ether oxygens (including phenoxy) is 1. The van der Waals surface area contributed by atoms with Crippen LogP contribution in [0.15, 0.2) is 36.4 Å². The second-order valence-electron chi connectivity index (χ2n) is 6.70. The van der Waals surface area contributed by atoms with Gasteiger partial charge in [0.05, 0.1) is 33.8 Å². The summed E-state index contributed by atoms with van der Waals surface area (Å²) in [4.78, 5) is 38.9.